The molecule has 1 nitrogen and oxygen atoms in total. The number of benzene rings is 1. The van der Waals surface area contributed by atoms with Crippen LogP contribution in [0.15, 0.2) is 30.3 Å². The monoisotopic (exact) mass is 265 g/mol. The van der Waals surface area contributed by atoms with Gasteiger partial charge in [-0.3, -0.25) is 0 Å². The lowest BCUT2D eigenvalue weighted by Gasteiger charge is -2.17. The Morgan fingerprint density at radius 1 is 1.18 bits per heavy atom. The van der Waals surface area contributed by atoms with Crippen molar-refractivity contribution in [1.82, 2.24) is 5.32 Å². The minimum Gasteiger partial charge on any atom is -0.309 e. The van der Waals surface area contributed by atoms with Gasteiger partial charge in [0, 0.05) is 14.8 Å². The van der Waals surface area contributed by atoms with Crippen LogP contribution in [0.5, 0.6) is 0 Å². The first kappa shape index (κ1) is 12.6. The van der Waals surface area contributed by atoms with Crippen molar-refractivity contribution in [1.29, 1.82) is 0 Å². The predicted molar refractivity (Wildman–Crippen MR) is 76.1 cm³/mol. The molecular weight excluding hydrogens is 250 g/mol. The van der Waals surface area contributed by atoms with Gasteiger partial charge in [-0.15, -0.1) is 11.3 Å². The molecule has 3 heteroatoms. The summed E-state index contributed by atoms with van der Waals surface area (Å²) in [6, 6.07) is 10.6. The van der Waals surface area contributed by atoms with Crippen molar-refractivity contribution in [3.63, 3.8) is 0 Å². The molecule has 1 aromatic heterocycles. The fourth-order valence-electron chi connectivity index (χ4n) is 1.98. The number of halogens is 1. The van der Waals surface area contributed by atoms with Crippen LogP contribution in [0.4, 0.5) is 0 Å². The number of rotatable bonds is 3. The summed E-state index contributed by atoms with van der Waals surface area (Å²) >= 11 is 7.91. The highest BCUT2D eigenvalue weighted by molar-refractivity contribution is 7.12. The minimum absolute atomic E-state index is 0.229. The van der Waals surface area contributed by atoms with Crippen LogP contribution in [0.3, 0.4) is 0 Å². The summed E-state index contributed by atoms with van der Waals surface area (Å²) < 4.78 is 0. The molecule has 0 aliphatic heterocycles. The van der Waals surface area contributed by atoms with E-state index in [1.54, 1.807) is 0 Å². The smallest absolute Gasteiger partial charge is 0.0671 e. The SMILES string of the molecule is CNC(c1ccc(C)s1)c1cc(Cl)ccc1C. The highest BCUT2D eigenvalue weighted by atomic mass is 35.5. The zero-order valence-corrected chi connectivity index (χ0v) is 11.8. The molecule has 0 aliphatic carbocycles. The van der Waals surface area contributed by atoms with Crippen LogP contribution >= 0.6 is 22.9 Å². The van der Waals surface area contributed by atoms with Crippen LogP contribution in [-0.2, 0) is 0 Å². The number of nitrogens with one attached hydrogen (secondary N) is 1. The van der Waals surface area contributed by atoms with Crippen LogP contribution in [0.2, 0.25) is 5.02 Å². The molecule has 0 saturated carbocycles. The van der Waals surface area contributed by atoms with Gasteiger partial charge in [0.2, 0.25) is 0 Å². The standard InChI is InChI=1S/C14H16ClNS/c1-9-4-6-11(15)8-12(9)14(16-3)13-7-5-10(2)17-13/h4-8,14,16H,1-3H3. The Hall–Kier alpha value is -0.830. The van der Waals surface area contributed by atoms with Crippen molar-refractivity contribution in [2.45, 2.75) is 19.9 Å². The van der Waals surface area contributed by atoms with E-state index >= 15 is 0 Å². The van der Waals surface area contributed by atoms with Crippen molar-refractivity contribution < 1.29 is 0 Å². The Bertz CT molecular complexity index is 519. The third-order valence-corrected chi connectivity index (χ3v) is 4.19. The molecule has 1 N–H and O–H groups in total. The van der Waals surface area contributed by atoms with Gasteiger partial charge in [0.25, 0.3) is 0 Å². The summed E-state index contributed by atoms with van der Waals surface area (Å²) in [5.74, 6) is 0. The number of hydrogen-bond donors (Lipinski definition) is 1. The number of aryl methyl sites for hydroxylation is 2. The Morgan fingerprint density at radius 3 is 2.53 bits per heavy atom. The van der Waals surface area contributed by atoms with Crippen molar-refractivity contribution in [2.24, 2.45) is 0 Å². The lowest BCUT2D eigenvalue weighted by molar-refractivity contribution is 0.699. The van der Waals surface area contributed by atoms with E-state index < -0.39 is 0 Å². The van der Waals surface area contributed by atoms with Gasteiger partial charge in [-0.1, -0.05) is 17.7 Å². The van der Waals surface area contributed by atoms with E-state index in [0.29, 0.717) is 0 Å². The van der Waals surface area contributed by atoms with Crippen molar-refractivity contribution in [2.75, 3.05) is 7.05 Å². The number of hydrogen-bond acceptors (Lipinski definition) is 2. The summed E-state index contributed by atoms with van der Waals surface area (Å²) in [5, 5.41) is 4.16. The molecule has 1 unspecified atom stereocenters. The molecular formula is C14H16ClNS. The van der Waals surface area contributed by atoms with Crippen molar-refractivity contribution in [3.8, 4) is 0 Å². The van der Waals surface area contributed by atoms with E-state index in [9.17, 15) is 0 Å². The Balaban J connectivity index is 2.45. The molecule has 90 valence electrons. The highest BCUT2D eigenvalue weighted by Crippen LogP contribution is 2.31. The molecule has 0 bridgehead atoms. The van der Waals surface area contributed by atoms with E-state index in [0.717, 1.165) is 5.02 Å². The molecule has 0 saturated heterocycles. The van der Waals surface area contributed by atoms with Crippen LogP contribution < -0.4 is 5.32 Å². The molecule has 2 rings (SSSR count). The maximum Gasteiger partial charge on any atom is 0.0671 e. The molecule has 1 aromatic carbocycles. The summed E-state index contributed by atoms with van der Waals surface area (Å²) in [4.78, 5) is 2.66. The Labute approximate surface area is 111 Å². The van der Waals surface area contributed by atoms with E-state index in [-0.39, 0.29) is 6.04 Å². The van der Waals surface area contributed by atoms with Crippen LogP contribution in [0, 0.1) is 13.8 Å². The average Bonchev–Trinajstić information content (AvgIpc) is 2.71. The first-order valence-electron chi connectivity index (χ1n) is 5.61. The zero-order chi connectivity index (χ0) is 12.4. The third kappa shape index (κ3) is 2.71. The molecule has 0 aliphatic rings. The molecule has 1 atom stereocenters. The summed E-state index contributed by atoms with van der Waals surface area (Å²) in [6.07, 6.45) is 0. The molecule has 0 radical (unpaired) electrons. The lowest BCUT2D eigenvalue weighted by atomic mass is 10.0. The van der Waals surface area contributed by atoms with Gasteiger partial charge in [-0.05, 0) is 56.3 Å². The van der Waals surface area contributed by atoms with E-state index in [1.165, 1.54) is 20.9 Å². The van der Waals surface area contributed by atoms with Gasteiger partial charge in [-0.2, -0.15) is 0 Å². The number of thiophene rings is 1. The fraction of sp³-hybridized carbons (Fsp3) is 0.286. The largest absolute Gasteiger partial charge is 0.309 e. The summed E-state index contributed by atoms with van der Waals surface area (Å²) in [5.41, 5.74) is 2.52. The molecule has 0 amide bonds. The maximum atomic E-state index is 6.09. The van der Waals surface area contributed by atoms with Gasteiger partial charge in [0.1, 0.15) is 0 Å². The first-order valence-corrected chi connectivity index (χ1v) is 6.81. The normalized spacial score (nSPS) is 12.7. The van der Waals surface area contributed by atoms with Gasteiger partial charge in [0.15, 0.2) is 0 Å². The molecule has 17 heavy (non-hydrogen) atoms. The third-order valence-electron chi connectivity index (χ3n) is 2.89. The highest BCUT2D eigenvalue weighted by Gasteiger charge is 2.16. The maximum absolute atomic E-state index is 6.09. The molecule has 0 fully saturated rings. The predicted octanol–water partition coefficient (Wildman–Crippen LogP) is 4.33. The second-order valence-corrected chi connectivity index (χ2v) is 5.93. The van der Waals surface area contributed by atoms with E-state index in [2.05, 4.69) is 37.4 Å². The van der Waals surface area contributed by atoms with E-state index in [4.69, 9.17) is 11.6 Å². The lowest BCUT2D eigenvalue weighted by Crippen LogP contribution is -2.17. The van der Waals surface area contributed by atoms with Crippen molar-refractivity contribution in [3.05, 3.63) is 56.2 Å². The molecule has 1 heterocycles. The van der Waals surface area contributed by atoms with Crippen molar-refractivity contribution >= 4 is 22.9 Å². The first-order chi connectivity index (χ1) is 8.11. The van der Waals surface area contributed by atoms with Gasteiger partial charge >= 0.3 is 0 Å². The fourth-order valence-corrected chi connectivity index (χ4v) is 3.17. The Kier molecular flexibility index (Phi) is 3.87. The summed E-state index contributed by atoms with van der Waals surface area (Å²) in [6.45, 7) is 4.25. The Morgan fingerprint density at radius 2 is 1.94 bits per heavy atom. The van der Waals surface area contributed by atoms with Gasteiger partial charge in [-0.25, -0.2) is 0 Å². The molecule has 0 spiro atoms. The quantitative estimate of drug-likeness (QED) is 0.871. The van der Waals surface area contributed by atoms with Crippen LogP contribution in [0.25, 0.3) is 0 Å². The second kappa shape index (κ2) is 5.21. The van der Waals surface area contributed by atoms with E-state index in [1.807, 2.05) is 30.5 Å². The van der Waals surface area contributed by atoms with Crippen LogP contribution in [-0.4, -0.2) is 7.05 Å². The van der Waals surface area contributed by atoms with Gasteiger partial charge in [0.05, 0.1) is 6.04 Å². The topological polar surface area (TPSA) is 12.0 Å². The molecule has 2 aromatic rings. The minimum atomic E-state index is 0.229. The summed E-state index contributed by atoms with van der Waals surface area (Å²) in [7, 11) is 1.99. The van der Waals surface area contributed by atoms with Gasteiger partial charge < -0.3 is 5.32 Å². The zero-order valence-electron chi connectivity index (χ0n) is 10.3. The van der Waals surface area contributed by atoms with Crippen LogP contribution in [0.1, 0.15) is 26.9 Å². The second-order valence-electron chi connectivity index (χ2n) is 4.17. The average molecular weight is 266 g/mol.